The van der Waals surface area contributed by atoms with E-state index >= 15 is 0 Å². The molecule has 0 aromatic heterocycles. The fourth-order valence-corrected chi connectivity index (χ4v) is 5.68. The van der Waals surface area contributed by atoms with Crippen molar-refractivity contribution in [3.05, 3.63) is 77.4 Å². The Bertz CT molecular complexity index is 1180. The molecule has 0 radical (unpaired) electrons. The maximum Gasteiger partial charge on any atom is 0.321 e. The fraction of sp³-hybridized carbons (Fsp3) is 0.483. The zero-order valence-corrected chi connectivity index (χ0v) is 22.2. The van der Waals surface area contributed by atoms with Crippen LogP contribution in [0.5, 0.6) is 0 Å². The predicted octanol–water partition coefficient (Wildman–Crippen LogP) is 5.42. The number of likely N-dealkylation sites (tertiary alicyclic amines) is 1. The average molecular weight is 551 g/mol. The molecule has 2 aliphatic heterocycles. The van der Waals surface area contributed by atoms with Crippen LogP contribution in [0.1, 0.15) is 36.8 Å². The molecule has 3 unspecified atom stereocenters. The van der Waals surface area contributed by atoms with E-state index in [2.05, 4.69) is 0 Å². The van der Waals surface area contributed by atoms with Crippen molar-refractivity contribution in [1.29, 1.82) is 0 Å². The van der Waals surface area contributed by atoms with Gasteiger partial charge in [-0.15, -0.1) is 0 Å². The molecule has 2 amide bonds. The molecule has 0 spiro atoms. The van der Waals surface area contributed by atoms with E-state index in [9.17, 15) is 26.7 Å². The van der Waals surface area contributed by atoms with Crippen LogP contribution in [0, 0.1) is 11.6 Å². The first kappa shape index (κ1) is 29.0. The van der Waals surface area contributed by atoms with Crippen molar-refractivity contribution in [2.24, 2.45) is 5.73 Å². The Hall–Kier alpha value is -2.98. The van der Waals surface area contributed by atoms with Crippen LogP contribution in [0.25, 0.3) is 5.57 Å². The summed E-state index contributed by atoms with van der Waals surface area (Å²) in [5.74, 6) is -1.31. The monoisotopic (exact) mass is 550 g/mol. The highest BCUT2D eigenvalue weighted by Crippen LogP contribution is 2.45. The second-order valence-electron chi connectivity index (χ2n) is 10.6. The largest absolute Gasteiger partial charge is 0.325 e. The van der Waals surface area contributed by atoms with Gasteiger partial charge in [-0.3, -0.25) is 0 Å². The van der Waals surface area contributed by atoms with Gasteiger partial charge in [0.1, 0.15) is 17.8 Å². The number of benzene rings is 2. The van der Waals surface area contributed by atoms with Gasteiger partial charge in [0, 0.05) is 38.2 Å². The summed E-state index contributed by atoms with van der Waals surface area (Å²) in [5, 5.41) is 0. The summed E-state index contributed by atoms with van der Waals surface area (Å²) in [5.41, 5.74) is 5.44. The number of hydrogen-bond donors (Lipinski definition) is 1. The molecule has 0 bridgehead atoms. The molecule has 2 aromatic carbocycles. The smallest absolute Gasteiger partial charge is 0.321 e. The van der Waals surface area contributed by atoms with E-state index in [1.165, 1.54) is 9.80 Å². The number of carbonyl (C=O) groups is 1. The van der Waals surface area contributed by atoms with E-state index in [4.69, 9.17) is 5.73 Å². The Labute approximate surface area is 226 Å². The number of carbonyl (C=O) groups excluding carboxylic acids is 1. The molecule has 2 aliphatic rings. The van der Waals surface area contributed by atoms with Crippen LogP contribution >= 0.6 is 0 Å². The molecule has 39 heavy (non-hydrogen) atoms. The topological polar surface area (TPSA) is 52.8 Å². The number of alkyl halides is 3. The zero-order chi connectivity index (χ0) is 28.3. The standard InChI is InChI=1S/C29H35F5N4O/c1-36-13-11-23(14-22(31)18-36)37(2)28(39)38-17-19(24-15-21(30)8-9-25(24)32)16-29(38,12-10-26(35)27(33)34)20-6-4-3-5-7-20/h3-9,15-16,22-23,26-27H,10-14,17-18,35H2,1-2H3/t22?,23?,26?,29-/m0/s1. The summed E-state index contributed by atoms with van der Waals surface area (Å²) >= 11 is 0. The summed E-state index contributed by atoms with van der Waals surface area (Å²) in [6, 6.07) is 9.66. The van der Waals surface area contributed by atoms with Gasteiger partial charge in [-0.2, -0.15) is 0 Å². The SMILES string of the molecule is CN1CCC(N(C)C(=O)N2CC(c3cc(F)ccc3F)=C[C@@]2(CCC(N)C(F)F)c2ccccc2)CC(F)C1. The molecule has 1 fully saturated rings. The van der Waals surface area contributed by atoms with Crippen molar-refractivity contribution in [2.75, 3.05) is 33.7 Å². The minimum Gasteiger partial charge on any atom is -0.325 e. The Morgan fingerprint density at radius 2 is 1.90 bits per heavy atom. The Morgan fingerprint density at radius 3 is 2.59 bits per heavy atom. The van der Waals surface area contributed by atoms with E-state index in [0.717, 1.165) is 18.2 Å². The molecule has 2 aromatic rings. The van der Waals surface area contributed by atoms with Crippen molar-refractivity contribution < 1.29 is 26.7 Å². The van der Waals surface area contributed by atoms with Crippen molar-refractivity contribution in [3.63, 3.8) is 0 Å². The summed E-state index contributed by atoms with van der Waals surface area (Å²) in [6.45, 7) is 0.786. The Kier molecular flexibility index (Phi) is 8.96. The quantitative estimate of drug-likeness (QED) is 0.469. The lowest BCUT2D eigenvalue weighted by Crippen LogP contribution is -2.53. The Morgan fingerprint density at radius 1 is 1.18 bits per heavy atom. The first-order valence-electron chi connectivity index (χ1n) is 13.1. The fourth-order valence-electron chi connectivity index (χ4n) is 5.68. The lowest BCUT2D eigenvalue weighted by molar-refractivity contribution is 0.0870. The third kappa shape index (κ3) is 6.27. The third-order valence-corrected chi connectivity index (χ3v) is 7.92. The maximum atomic E-state index is 14.9. The second kappa shape index (κ2) is 12.0. The van der Waals surface area contributed by atoms with Crippen LogP contribution in [0.15, 0.2) is 54.6 Å². The van der Waals surface area contributed by atoms with Gasteiger partial charge in [-0.05, 0) is 68.3 Å². The van der Waals surface area contributed by atoms with Crippen LogP contribution in [-0.4, -0.2) is 79.1 Å². The van der Waals surface area contributed by atoms with Crippen LogP contribution in [0.2, 0.25) is 0 Å². The molecule has 10 heteroatoms. The molecule has 2 heterocycles. The van der Waals surface area contributed by atoms with Crippen molar-refractivity contribution >= 4 is 11.6 Å². The second-order valence-corrected chi connectivity index (χ2v) is 10.6. The van der Waals surface area contributed by atoms with Gasteiger partial charge in [-0.1, -0.05) is 30.3 Å². The van der Waals surface area contributed by atoms with Crippen molar-refractivity contribution in [2.45, 2.75) is 55.9 Å². The lowest BCUT2D eigenvalue weighted by Gasteiger charge is -2.42. The van der Waals surface area contributed by atoms with Gasteiger partial charge < -0.3 is 20.4 Å². The number of nitrogens with two attached hydrogens (primary N) is 1. The van der Waals surface area contributed by atoms with E-state index in [1.807, 2.05) is 11.9 Å². The number of rotatable bonds is 7. The molecule has 212 valence electrons. The first-order valence-corrected chi connectivity index (χ1v) is 13.1. The highest BCUT2D eigenvalue weighted by atomic mass is 19.3. The molecule has 5 nitrogen and oxygen atoms in total. The first-order chi connectivity index (χ1) is 18.5. The van der Waals surface area contributed by atoms with E-state index in [1.54, 1.807) is 43.5 Å². The van der Waals surface area contributed by atoms with Crippen LogP contribution in [0.3, 0.4) is 0 Å². The predicted molar refractivity (Wildman–Crippen MR) is 141 cm³/mol. The molecule has 2 N–H and O–H groups in total. The van der Waals surface area contributed by atoms with Gasteiger partial charge in [0.15, 0.2) is 0 Å². The zero-order valence-electron chi connectivity index (χ0n) is 22.2. The molecule has 4 atom stereocenters. The van der Waals surface area contributed by atoms with Crippen LogP contribution < -0.4 is 5.73 Å². The van der Waals surface area contributed by atoms with Crippen LogP contribution in [0.4, 0.5) is 26.7 Å². The minimum absolute atomic E-state index is 0.00803. The minimum atomic E-state index is -2.76. The Balaban J connectivity index is 1.79. The molecule has 0 aliphatic carbocycles. The molecule has 4 rings (SSSR count). The molecular weight excluding hydrogens is 515 g/mol. The highest BCUT2D eigenvalue weighted by molar-refractivity contribution is 5.83. The van der Waals surface area contributed by atoms with Crippen molar-refractivity contribution in [3.8, 4) is 0 Å². The van der Waals surface area contributed by atoms with Gasteiger partial charge in [-0.25, -0.2) is 26.7 Å². The summed E-state index contributed by atoms with van der Waals surface area (Å²) in [4.78, 5) is 19.1. The van der Waals surface area contributed by atoms with E-state index in [0.29, 0.717) is 24.1 Å². The highest BCUT2D eigenvalue weighted by Gasteiger charge is 2.47. The number of halogens is 5. The summed E-state index contributed by atoms with van der Waals surface area (Å²) < 4.78 is 70.6. The molecular formula is C29H35F5N4O. The van der Waals surface area contributed by atoms with E-state index in [-0.39, 0.29) is 37.9 Å². The number of nitrogens with zero attached hydrogens (tertiary/aromatic N) is 3. The maximum absolute atomic E-state index is 14.9. The van der Waals surface area contributed by atoms with Gasteiger partial charge >= 0.3 is 6.03 Å². The average Bonchev–Trinajstić information content (AvgIpc) is 3.21. The molecule has 1 saturated heterocycles. The van der Waals surface area contributed by atoms with Gasteiger partial charge in [0.25, 0.3) is 6.43 Å². The van der Waals surface area contributed by atoms with Crippen LogP contribution in [-0.2, 0) is 5.54 Å². The summed E-state index contributed by atoms with van der Waals surface area (Å²) in [7, 11) is 3.43. The lowest BCUT2D eigenvalue weighted by atomic mass is 9.83. The number of amides is 2. The normalized spacial score (nSPS) is 24.9. The molecule has 0 saturated carbocycles. The van der Waals surface area contributed by atoms with Crippen molar-refractivity contribution in [1.82, 2.24) is 14.7 Å². The number of urea groups is 1. The van der Waals surface area contributed by atoms with Gasteiger partial charge in [0.05, 0.1) is 11.6 Å². The van der Waals surface area contributed by atoms with Gasteiger partial charge in [0.2, 0.25) is 0 Å². The summed E-state index contributed by atoms with van der Waals surface area (Å²) in [6.07, 6.45) is -1.59. The van der Waals surface area contributed by atoms with E-state index < -0.39 is 47.9 Å². The number of hydrogen-bond acceptors (Lipinski definition) is 3. The third-order valence-electron chi connectivity index (χ3n) is 7.92.